The molecule has 30 heavy (non-hydrogen) atoms. The largest absolute Gasteiger partial charge is 0.493 e. The summed E-state index contributed by atoms with van der Waals surface area (Å²) in [6.07, 6.45) is 1.63. The van der Waals surface area contributed by atoms with Crippen molar-refractivity contribution in [1.29, 1.82) is 0 Å². The molecule has 5 nitrogen and oxygen atoms in total. The van der Waals surface area contributed by atoms with Crippen LogP contribution in [-0.4, -0.2) is 19.2 Å². The third-order valence-corrected chi connectivity index (χ3v) is 4.70. The fraction of sp³-hybridized carbons (Fsp3) is 0.130. The zero-order chi connectivity index (χ0) is 21.3. The number of amides is 1. The molecule has 1 N–H and O–H groups in total. The molecule has 0 fully saturated rings. The number of nitrogens with zero attached hydrogens (tertiary/aromatic N) is 1. The Balaban J connectivity index is 1.56. The lowest BCUT2D eigenvalue weighted by Gasteiger charge is -2.11. The van der Waals surface area contributed by atoms with Crippen LogP contribution >= 0.6 is 15.9 Å². The molecule has 0 unspecified atom stereocenters. The molecule has 3 aromatic rings. The zero-order valence-electron chi connectivity index (χ0n) is 16.3. The highest BCUT2D eigenvalue weighted by Crippen LogP contribution is 2.28. The van der Waals surface area contributed by atoms with Gasteiger partial charge in [-0.1, -0.05) is 40.2 Å². The van der Waals surface area contributed by atoms with Crippen LogP contribution in [0, 0.1) is 5.82 Å². The number of ether oxygens (including phenoxy) is 2. The van der Waals surface area contributed by atoms with Crippen molar-refractivity contribution in [3.05, 3.63) is 93.7 Å². The second kappa shape index (κ2) is 10.5. The molecule has 0 saturated heterocycles. The molecule has 0 heterocycles. The number of nitrogens with one attached hydrogen (secondary N) is 1. The SMILES string of the molecule is COc1cc(/C=N/NC(=O)Cc2ccc(F)cc2)ccc1OCc1ccc(Br)cc1. The summed E-state index contributed by atoms with van der Waals surface area (Å²) < 4.78 is 25.2. The molecule has 0 radical (unpaired) electrons. The van der Waals surface area contributed by atoms with Crippen LogP contribution in [0.4, 0.5) is 4.39 Å². The molecule has 0 atom stereocenters. The maximum absolute atomic E-state index is 12.9. The second-order valence-corrected chi connectivity index (χ2v) is 7.34. The summed E-state index contributed by atoms with van der Waals surface area (Å²) in [5.74, 6) is 0.543. The van der Waals surface area contributed by atoms with Gasteiger partial charge in [-0.2, -0.15) is 5.10 Å². The van der Waals surface area contributed by atoms with E-state index in [0.29, 0.717) is 23.7 Å². The monoisotopic (exact) mass is 470 g/mol. The van der Waals surface area contributed by atoms with E-state index in [1.807, 2.05) is 30.3 Å². The van der Waals surface area contributed by atoms with E-state index in [0.717, 1.165) is 15.6 Å². The quantitative estimate of drug-likeness (QED) is 0.377. The molecule has 3 rings (SSSR count). The second-order valence-electron chi connectivity index (χ2n) is 6.42. The minimum atomic E-state index is -0.338. The lowest BCUT2D eigenvalue weighted by atomic mass is 10.1. The Hall–Kier alpha value is -3.19. The van der Waals surface area contributed by atoms with Crippen molar-refractivity contribution in [2.45, 2.75) is 13.0 Å². The van der Waals surface area contributed by atoms with Crippen LogP contribution in [-0.2, 0) is 17.8 Å². The minimum absolute atomic E-state index is 0.115. The van der Waals surface area contributed by atoms with Crippen LogP contribution < -0.4 is 14.9 Å². The highest BCUT2D eigenvalue weighted by atomic mass is 79.9. The van der Waals surface area contributed by atoms with Crippen molar-refractivity contribution in [2.24, 2.45) is 5.10 Å². The summed E-state index contributed by atoms with van der Waals surface area (Å²) in [6.45, 7) is 0.413. The van der Waals surface area contributed by atoms with E-state index in [1.165, 1.54) is 18.3 Å². The van der Waals surface area contributed by atoms with E-state index in [4.69, 9.17) is 9.47 Å². The summed E-state index contributed by atoms with van der Waals surface area (Å²) in [6, 6.07) is 19.0. The normalized spacial score (nSPS) is 10.8. The Kier molecular flexibility index (Phi) is 7.57. The van der Waals surface area contributed by atoms with Crippen molar-refractivity contribution in [1.82, 2.24) is 5.43 Å². The van der Waals surface area contributed by atoms with Crippen LogP contribution in [0.1, 0.15) is 16.7 Å². The highest BCUT2D eigenvalue weighted by Gasteiger charge is 2.06. The van der Waals surface area contributed by atoms with Gasteiger partial charge in [-0.3, -0.25) is 4.79 Å². The summed E-state index contributed by atoms with van der Waals surface area (Å²) >= 11 is 3.41. The molecule has 0 spiro atoms. The number of rotatable bonds is 8. The minimum Gasteiger partial charge on any atom is -0.493 e. The molecule has 0 aliphatic rings. The fourth-order valence-corrected chi connectivity index (χ4v) is 2.90. The first kappa shape index (κ1) is 21.5. The highest BCUT2D eigenvalue weighted by molar-refractivity contribution is 9.10. The van der Waals surface area contributed by atoms with Crippen LogP contribution in [0.3, 0.4) is 0 Å². The predicted molar refractivity (Wildman–Crippen MR) is 117 cm³/mol. The topological polar surface area (TPSA) is 59.9 Å². The lowest BCUT2D eigenvalue weighted by Crippen LogP contribution is -2.19. The van der Waals surface area contributed by atoms with Crippen molar-refractivity contribution >= 4 is 28.1 Å². The van der Waals surface area contributed by atoms with E-state index >= 15 is 0 Å². The fourth-order valence-electron chi connectivity index (χ4n) is 2.63. The van der Waals surface area contributed by atoms with Gasteiger partial charge in [-0.15, -0.1) is 0 Å². The van der Waals surface area contributed by atoms with E-state index in [-0.39, 0.29) is 18.1 Å². The maximum atomic E-state index is 12.9. The molecule has 154 valence electrons. The number of benzene rings is 3. The molecule has 7 heteroatoms. The van der Waals surface area contributed by atoms with Gasteiger partial charge in [-0.05, 0) is 59.2 Å². The number of hydrogen-bond acceptors (Lipinski definition) is 4. The van der Waals surface area contributed by atoms with Crippen LogP contribution in [0.2, 0.25) is 0 Å². The van der Waals surface area contributed by atoms with Gasteiger partial charge in [0, 0.05) is 4.47 Å². The summed E-state index contributed by atoms with van der Waals surface area (Å²) in [7, 11) is 1.56. The molecule has 0 saturated carbocycles. The Morgan fingerprint density at radius 2 is 1.73 bits per heavy atom. The molecule has 1 amide bonds. The van der Waals surface area contributed by atoms with Crippen LogP contribution in [0.25, 0.3) is 0 Å². The number of hydrazone groups is 1. The van der Waals surface area contributed by atoms with Gasteiger partial charge in [0.25, 0.3) is 0 Å². The van der Waals surface area contributed by atoms with Gasteiger partial charge in [0.1, 0.15) is 12.4 Å². The Labute approximate surface area is 182 Å². The summed E-state index contributed by atoms with van der Waals surface area (Å²) in [5, 5.41) is 3.96. The average Bonchev–Trinajstić information content (AvgIpc) is 2.75. The summed E-state index contributed by atoms with van der Waals surface area (Å²) in [4.78, 5) is 11.9. The van der Waals surface area contributed by atoms with Crippen LogP contribution in [0.5, 0.6) is 11.5 Å². The molecule has 0 bridgehead atoms. The first-order valence-corrected chi connectivity index (χ1v) is 9.94. The van der Waals surface area contributed by atoms with E-state index < -0.39 is 0 Å². The third-order valence-electron chi connectivity index (χ3n) is 4.18. The predicted octanol–water partition coefficient (Wildman–Crippen LogP) is 4.87. The smallest absolute Gasteiger partial charge is 0.244 e. The first-order valence-electron chi connectivity index (χ1n) is 9.15. The number of carbonyl (C=O) groups is 1. The van der Waals surface area contributed by atoms with Gasteiger partial charge in [0.2, 0.25) is 5.91 Å². The lowest BCUT2D eigenvalue weighted by molar-refractivity contribution is -0.120. The molecule has 0 aliphatic heterocycles. The summed E-state index contributed by atoms with van der Waals surface area (Å²) in [5.41, 5.74) is 4.94. The van der Waals surface area contributed by atoms with Crippen molar-refractivity contribution in [2.75, 3.05) is 7.11 Å². The Morgan fingerprint density at radius 1 is 1.03 bits per heavy atom. The first-order chi connectivity index (χ1) is 14.5. The third kappa shape index (κ3) is 6.42. The number of halogens is 2. The number of methoxy groups -OCH3 is 1. The van der Waals surface area contributed by atoms with Gasteiger partial charge in [0.15, 0.2) is 11.5 Å². The van der Waals surface area contributed by atoms with E-state index in [1.54, 1.807) is 31.4 Å². The molecular weight excluding hydrogens is 451 g/mol. The molecule has 3 aromatic carbocycles. The van der Waals surface area contributed by atoms with Gasteiger partial charge in [0.05, 0.1) is 19.7 Å². The molecule has 0 aliphatic carbocycles. The van der Waals surface area contributed by atoms with E-state index in [9.17, 15) is 9.18 Å². The van der Waals surface area contributed by atoms with Crippen LogP contribution in [0.15, 0.2) is 76.3 Å². The Bertz CT molecular complexity index is 1020. The average molecular weight is 471 g/mol. The number of carbonyl (C=O) groups excluding carboxylic acids is 1. The van der Waals surface area contributed by atoms with E-state index in [2.05, 4.69) is 26.5 Å². The standard InChI is InChI=1S/C23H20BrFN2O3/c1-29-22-12-18(6-11-21(22)30-15-17-2-7-19(24)8-3-17)14-26-27-23(28)13-16-4-9-20(25)10-5-16/h2-12,14H,13,15H2,1H3,(H,27,28)/b26-14+. The maximum Gasteiger partial charge on any atom is 0.244 e. The molecular formula is C23H20BrFN2O3. The van der Waals surface area contributed by atoms with Crippen molar-refractivity contribution < 1.29 is 18.7 Å². The van der Waals surface area contributed by atoms with Gasteiger partial charge in [-0.25, -0.2) is 9.82 Å². The Morgan fingerprint density at radius 3 is 2.43 bits per heavy atom. The molecule has 0 aromatic heterocycles. The zero-order valence-corrected chi connectivity index (χ0v) is 17.9. The van der Waals surface area contributed by atoms with Crippen molar-refractivity contribution in [3.63, 3.8) is 0 Å². The van der Waals surface area contributed by atoms with Gasteiger partial charge >= 0.3 is 0 Å². The van der Waals surface area contributed by atoms with Gasteiger partial charge < -0.3 is 9.47 Å². The number of hydrogen-bond donors (Lipinski definition) is 1. The van der Waals surface area contributed by atoms with Crippen molar-refractivity contribution in [3.8, 4) is 11.5 Å².